The topological polar surface area (TPSA) is 26.0 Å². The van der Waals surface area contributed by atoms with E-state index in [1.807, 2.05) is 11.8 Å². The second-order valence-corrected chi connectivity index (χ2v) is 5.63. The lowest BCUT2D eigenvalue weighted by molar-refractivity contribution is 0.433. The Labute approximate surface area is 104 Å². The Morgan fingerprint density at radius 1 is 1.19 bits per heavy atom. The number of hydrogen-bond acceptors (Lipinski definition) is 2. The van der Waals surface area contributed by atoms with Crippen molar-refractivity contribution >= 4 is 11.8 Å². The summed E-state index contributed by atoms with van der Waals surface area (Å²) in [5.74, 6) is 1.69. The molecule has 0 radical (unpaired) electrons. The molecule has 1 aromatic rings. The lowest BCUT2D eigenvalue weighted by atomic mass is 9.92. The summed E-state index contributed by atoms with van der Waals surface area (Å²) in [6.07, 6.45) is 2.41. The van der Waals surface area contributed by atoms with Gasteiger partial charge < -0.3 is 5.73 Å². The predicted molar refractivity (Wildman–Crippen MR) is 73.8 cm³/mol. The van der Waals surface area contributed by atoms with Crippen LogP contribution in [0.4, 0.5) is 0 Å². The second-order valence-electron chi connectivity index (χ2n) is 4.29. The SMILES string of the molecule is CCCC(C)C(N)c1ccc(SCC)cc1. The van der Waals surface area contributed by atoms with Crippen molar-refractivity contribution in [1.82, 2.24) is 0 Å². The number of hydrogen-bond donors (Lipinski definition) is 1. The van der Waals surface area contributed by atoms with E-state index in [1.165, 1.54) is 23.3 Å². The molecule has 2 heteroatoms. The summed E-state index contributed by atoms with van der Waals surface area (Å²) in [6, 6.07) is 8.90. The van der Waals surface area contributed by atoms with Crippen LogP contribution in [-0.2, 0) is 0 Å². The second kappa shape index (κ2) is 6.97. The van der Waals surface area contributed by atoms with Gasteiger partial charge in [-0.2, -0.15) is 0 Å². The van der Waals surface area contributed by atoms with Crippen molar-refractivity contribution in [1.29, 1.82) is 0 Å². The van der Waals surface area contributed by atoms with Crippen LogP contribution in [-0.4, -0.2) is 5.75 Å². The first-order chi connectivity index (χ1) is 7.69. The highest BCUT2D eigenvalue weighted by atomic mass is 32.2. The minimum Gasteiger partial charge on any atom is -0.324 e. The van der Waals surface area contributed by atoms with Gasteiger partial charge >= 0.3 is 0 Å². The van der Waals surface area contributed by atoms with E-state index in [0.29, 0.717) is 5.92 Å². The maximum absolute atomic E-state index is 6.24. The molecular weight excluding hydrogens is 214 g/mol. The Morgan fingerprint density at radius 2 is 1.81 bits per heavy atom. The fraction of sp³-hybridized carbons (Fsp3) is 0.571. The molecule has 2 N–H and O–H groups in total. The molecule has 0 aromatic heterocycles. The van der Waals surface area contributed by atoms with E-state index in [0.717, 1.165) is 5.75 Å². The summed E-state index contributed by atoms with van der Waals surface area (Å²) < 4.78 is 0. The number of benzene rings is 1. The van der Waals surface area contributed by atoms with Crippen LogP contribution >= 0.6 is 11.8 Å². The summed E-state index contributed by atoms with van der Waals surface area (Å²) >= 11 is 1.87. The van der Waals surface area contributed by atoms with Gasteiger partial charge in [0.1, 0.15) is 0 Å². The van der Waals surface area contributed by atoms with Crippen molar-refractivity contribution in [2.45, 2.75) is 44.6 Å². The van der Waals surface area contributed by atoms with E-state index in [9.17, 15) is 0 Å². The first-order valence-electron chi connectivity index (χ1n) is 6.17. The maximum Gasteiger partial charge on any atom is 0.0320 e. The van der Waals surface area contributed by atoms with Crippen molar-refractivity contribution in [2.75, 3.05) is 5.75 Å². The molecule has 0 amide bonds. The highest BCUT2D eigenvalue weighted by Gasteiger charge is 2.13. The van der Waals surface area contributed by atoms with Crippen LogP contribution in [0.5, 0.6) is 0 Å². The summed E-state index contributed by atoms with van der Waals surface area (Å²) in [5, 5.41) is 0. The van der Waals surface area contributed by atoms with E-state index in [4.69, 9.17) is 5.73 Å². The van der Waals surface area contributed by atoms with Crippen LogP contribution in [0, 0.1) is 5.92 Å². The van der Waals surface area contributed by atoms with Gasteiger partial charge in [0, 0.05) is 10.9 Å². The molecular formula is C14H23NS. The van der Waals surface area contributed by atoms with Crippen LogP contribution in [0.1, 0.15) is 45.2 Å². The average molecular weight is 237 g/mol. The molecule has 0 bridgehead atoms. The molecule has 0 aliphatic rings. The Bertz CT molecular complexity index is 294. The van der Waals surface area contributed by atoms with Gasteiger partial charge in [-0.15, -0.1) is 11.8 Å². The van der Waals surface area contributed by atoms with Crippen LogP contribution in [0.25, 0.3) is 0 Å². The predicted octanol–water partition coefficient (Wildman–Crippen LogP) is 4.23. The summed E-state index contributed by atoms with van der Waals surface area (Å²) in [5.41, 5.74) is 7.51. The summed E-state index contributed by atoms with van der Waals surface area (Å²) in [6.45, 7) is 6.63. The van der Waals surface area contributed by atoms with Gasteiger partial charge in [0.15, 0.2) is 0 Å². The molecule has 1 rings (SSSR count). The largest absolute Gasteiger partial charge is 0.324 e. The maximum atomic E-state index is 6.24. The molecule has 0 spiro atoms. The Kier molecular flexibility index (Phi) is 5.93. The summed E-state index contributed by atoms with van der Waals surface area (Å²) in [4.78, 5) is 1.33. The van der Waals surface area contributed by atoms with Crippen LogP contribution in [0.3, 0.4) is 0 Å². The van der Waals surface area contributed by atoms with Crippen LogP contribution in [0.2, 0.25) is 0 Å². The normalized spacial score (nSPS) is 14.8. The van der Waals surface area contributed by atoms with Gasteiger partial charge in [-0.1, -0.05) is 39.3 Å². The monoisotopic (exact) mass is 237 g/mol. The molecule has 90 valence electrons. The summed E-state index contributed by atoms with van der Waals surface area (Å²) in [7, 11) is 0. The Balaban J connectivity index is 2.65. The van der Waals surface area contributed by atoms with Gasteiger partial charge in [-0.3, -0.25) is 0 Å². The molecule has 1 nitrogen and oxygen atoms in total. The molecule has 0 aliphatic carbocycles. The quantitative estimate of drug-likeness (QED) is 0.749. The molecule has 0 fully saturated rings. The fourth-order valence-electron chi connectivity index (χ4n) is 1.92. The number of nitrogens with two attached hydrogens (primary N) is 1. The Hall–Kier alpha value is -0.470. The van der Waals surface area contributed by atoms with Gasteiger partial charge in [0.2, 0.25) is 0 Å². The van der Waals surface area contributed by atoms with Crippen LogP contribution in [0.15, 0.2) is 29.2 Å². The van der Waals surface area contributed by atoms with Crippen molar-refractivity contribution in [2.24, 2.45) is 11.7 Å². The molecule has 0 saturated carbocycles. The minimum absolute atomic E-state index is 0.181. The molecule has 0 heterocycles. The fourth-order valence-corrected chi connectivity index (χ4v) is 2.58. The highest BCUT2D eigenvalue weighted by molar-refractivity contribution is 7.99. The Morgan fingerprint density at radius 3 is 2.31 bits per heavy atom. The standard InChI is InChI=1S/C14H23NS/c1-4-6-11(3)14(15)12-7-9-13(10-8-12)16-5-2/h7-11,14H,4-6,15H2,1-3H3. The van der Waals surface area contributed by atoms with Gasteiger partial charge in [0.25, 0.3) is 0 Å². The highest BCUT2D eigenvalue weighted by Crippen LogP contribution is 2.25. The third-order valence-corrected chi connectivity index (χ3v) is 3.83. The molecule has 1 aromatic carbocycles. The van der Waals surface area contributed by atoms with Crippen molar-refractivity contribution in [3.05, 3.63) is 29.8 Å². The molecule has 16 heavy (non-hydrogen) atoms. The molecule has 0 aliphatic heterocycles. The zero-order chi connectivity index (χ0) is 12.0. The lowest BCUT2D eigenvalue weighted by Gasteiger charge is -2.19. The zero-order valence-electron chi connectivity index (χ0n) is 10.6. The third kappa shape index (κ3) is 3.84. The van der Waals surface area contributed by atoms with Crippen molar-refractivity contribution < 1.29 is 0 Å². The first kappa shape index (κ1) is 13.6. The van der Waals surface area contributed by atoms with E-state index < -0.39 is 0 Å². The number of thioether (sulfide) groups is 1. The zero-order valence-corrected chi connectivity index (χ0v) is 11.4. The molecule has 0 saturated heterocycles. The molecule has 2 unspecified atom stereocenters. The minimum atomic E-state index is 0.181. The third-order valence-electron chi connectivity index (χ3n) is 2.93. The van der Waals surface area contributed by atoms with Gasteiger partial charge in [-0.05, 0) is 35.8 Å². The number of rotatable bonds is 6. The van der Waals surface area contributed by atoms with E-state index in [2.05, 4.69) is 45.0 Å². The van der Waals surface area contributed by atoms with E-state index >= 15 is 0 Å². The van der Waals surface area contributed by atoms with Crippen molar-refractivity contribution in [3.63, 3.8) is 0 Å². The smallest absolute Gasteiger partial charge is 0.0320 e. The molecule has 2 atom stereocenters. The van der Waals surface area contributed by atoms with Crippen LogP contribution < -0.4 is 5.73 Å². The average Bonchev–Trinajstić information content (AvgIpc) is 2.30. The first-order valence-corrected chi connectivity index (χ1v) is 7.15. The van der Waals surface area contributed by atoms with Crippen molar-refractivity contribution in [3.8, 4) is 0 Å². The van der Waals surface area contributed by atoms with Gasteiger partial charge in [-0.25, -0.2) is 0 Å². The lowest BCUT2D eigenvalue weighted by Crippen LogP contribution is -2.18. The van der Waals surface area contributed by atoms with Gasteiger partial charge in [0.05, 0.1) is 0 Å². The van der Waals surface area contributed by atoms with E-state index in [-0.39, 0.29) is 6.04 Å². The van der Waals surface area contributed by atoms with E-state index in [1.54, 1.807) is 0 Å².